The van der Waals surface area contributed by atoms with Crippen molar-refractivity contribution in [3.63, 3.8) is 0 Å². The fraction of sp³-hybridized carbons (Fsp3) is 0.188. The Morgan fingerprint density at radius 2 is 1.28 bits per heavy atom. The predicted octanol–water partition coefficient (Wildman–Crippen LogP) is 3.99. The topological polar surface area (TPSA) is 20.3 Å². The molecule has 2 nitrogen and oxygen atoms in total. The summed E-state index contributed by atoms with van der Waals surface area (Å²) in [5.74, 6) is 0.00630. The summed E-state index contributed by atoms with van der Waals surface area (Å²) >= 11 is 0. The Hall–Kier alpha value is -2.09. The average Bonchev–Trinajstić information content (AvgIpc) is 2.49. The maximum atomic E-state index is 12.1. The molecule has 94 valence electrons. The summed E-state index contributed by atoms with van der Waals surface area (Å²) < 4.78 is 0. The summed E-state index contributed by atoms with van der Waals surface area (Å²) in [4.78, 5) is 13.7. The van der Waals surface area contributed by atoms with Crippen LogP contribution in [-0.4, -0.2) is 13.0 Å². The highest BCUT2D eigenvalue weighted by Crippen LogP contribution is 2.14. The summed E-state index contributed by atoms with van der Waals surface area (Å²) in [5.41, 5.74) is 1.60. The molecule has 2 aromatic rings. The Labute approximate surface area is 109 Å². The van der Waals surface area contributed by atoms with E-state index < -0.39 is 0 Å². The normalized spacial score (nSPS) is 9.06. The summed E-state index contributed by atoms with van der Waals surface area (Å²) in [6, 6.07) is 18.9. The van der Waals surface area contributed by atoms with E-state index in [1.165, 1.54) is 0 Å². The molecular formula is C16H19NO. The Balaban J connectivity index is 0.000000771. The fourth-order valence-electron chi connectivity index (χ4n) is 1.54. The molecule has 18 heavy (non-hydrogen) atoms. The quantitative estimate of drug-likeness (QED) is 0.778. The lowest BCUT2D eigenvalue weighted by Gasteiger charge is -2.17. The third-order valence-corrected chi connectivity index (χ3v) is 2.47. The van der Waals surface area contributed by atoms with Crippen LogP contribution in [0.1, 0.15) is 24.2 Å². The molecule has 0 radical (unpaired) electrons. The molecule has 0 bridgehead atoms. The number of carbonyl (C=O) groups is 1. The molecule has 0 aliphatic heterocycles. The van der Waals surface area contributed by atoms with E-state index in [2.05, 4.69) is 0 Å². The van der Waals surface area contributed by atoms with Crippen molar-refractivity contribution in [2.75, 3.05) is 11.9 Å². The van der Waals surface area contributed by atoms with Crippen molar-refractivity contribution in [3.8, 4) is 0 Å². The molecule has 2 rings (SSSR count). The van der Waals surface area contributed by atoms with Gasteiger partial charge in [-0.1, -0.05) is 50.2 Å². The van der Waals surface area contributed by atoms with Crippen LogP contribution < -0.4 is 4.90 Å². The minimum atomic E-state index is 0.00630. The highest BCUT2D eigenvalue weighted by molar-refractivity contribution is 6.05. The molecule has 0 saturated carbocycles. The van der Waals surface area contributed by atoms with Gasteiger partial charge in [-0.15, -0.1) is 0 Å². The van der Waals surface area contributed by atoms with Gasteiger partial charge in [0.25, 0.3) is 5.91 Å². The number of rotatable bonds is 2. The number of amides is 1. The Bertz CT molecular complexity index is 465. The van der Waals surface area contributed by atoms with Gasteiger partial charge in [0, 0.05) is 18.3 Å². The molecule has 0 atom stereocenters. The molecule has 0 aliphatic rings. The number of para-hydroxylation sites is 1. The number of hydrogen-bond acceptors (Lipinski definition) is 1. The van der Waals surface area contributed by atoms with Crippen molar-refractivity contribution in [3.05, 3.63) is 66.2 Å². The van der Waals surface area contributed by atoms with Crippen molar-refractivity contribution in [2.45, 2.75) is 13.8 Å². The first-order chi connectivity index (χ1) is 8.79. The maximum absolute atomic E-state index is 12.1. The molecule has 0 heterocycles. The number of carbonyl (C=O) groups excluding carboxylic acids is 1. The molecule has 0 unspecified atom stereocenters. The van der Waals surface area contributed by atoms with Gasteiger partial charge in [-0.25, -0.2) is 0 Å². The number of hydrogen-bond donors (Lipinski definition) is 0. The highest BCUT2D eigenvalue weighted by Gasteiger charge is 2.11. The van der Waals surface area contributed by atoms with E-state index in [9.17, 15) is 4.79 Å². The van der Waals surface area contributed by atoms with Crippen LogP contribution in [-0.2, 0) is 0 Å². The van der Waals surface area contributed by atoms with Crippen LogP contribution in [0.25, 0.3) is 0 Å². The molecule has 0 spiro atoms. The third-order valence-electron chi connectivity index (χ3n) is 2.47. The van der Waals surface area contributed by atoms with Crippen LogP contribution in [0.3, 0.4) is 0 Å². The van der Waals surface area contributed by atoms with E-state index in [1.807, 2.05) is 74.5 Å². The predicted molar refractivity (Wildman–Crippen MR) is 77.0 cm³/mol. The third kappa shape index (κ3) is 3.45. The van der Waals surface area contributed by atoms with Crippen LogP contribution in [0.15, 0.2) is 60.7 Å². The van der Waals surface area contributed by atoms with Gasteiger partial charge in [-0.3, -0.25) is 4.79 Å². The summed E-state index contributed by atoms with van der Waals surface area (Å²) in [5, 5.41) is 0. The van der Waals surface area contributed by atoms with Crippen molar-refractivity contribution in [1.82, 2.24) is 0 Å². The van der Waals surface area contributed by atoms with Crippen LogP contribution in [0.4, 0.5) is 5.69 Å². The Kier molecular flexibility index (Phi) is 5.65. The molecule has 2 heteroatoms. The smallest absolute Gasteiger partial charge is 0.258 e. The highest BCUT2D eigenvalue weighted by atomic mass is 16.2. The van der Waals surface area contributed by atoms with E-state index in [1.54, 1.807) is 11.9 Å². The van der Waals surface area contributed by atoms with Crippen LogP contribution in [0.2, 0.25) is 0 Å². The fourth-order valence-corrected chi connectivity index (χ4v) is 1.54. The number of nitrogens with zero attached hydrogens (tertiary/aromatic N) is 1. The van der Waals surface area contributed by atoms with E-state index in [0.717, 1.165) is 5.69 Å². The van der Waals surface area contributed by atoms with Crippen molar-refractivity contribution < 1.29 is 4.79 Å². The molecule has 0 aromatic heterocycles. The minimum absolute atomic E-state index is 0.00630. The van der Waals surface area contributed by atoms with Gasteiger partial charge in [0.2, 0.25) is 0 Å². The summed E-state index contributed by atoms with van der Waals surface area (Å²) in [6.07, 6.45) is 0. The maximum Gasteiger partial charge on any atom is 0.258 e. The zero-order valence-corrected chi connectivity index (χ0v) is 11.1. The Morgan fingerprint density at radius 1 is 0.833 bits per heavy atom. The van der Waals surface area contributed by atoms with Crippen molar-refractivity contribution in [1.29, 1.82) is 0 Å². The summed E-state index contributed by atoms with van der Waals surface area (Å²) in [7, 11) is 1.78. The molecule has 1 amide bonds. The molecule has 0 saturated heterocycles. The summed E-state index contributed by atoms with van der Waals surface area (Å²) in [6.45, 7) is 4.00. The lowest BCUT2D eigenvalue weighted by atomic mass is 10.2. The molecule has 0 N–H and O–H groups in total. The zero-order valence-electron chi connectivity index (χ0n) is 11.1. The van der Waals surface area contributed by atoms with E-state index in [4.69, 9.17) is 0 Å². The molecule has 0 aliphatic carbocycles. The van der Waals surface area contributed by atoms with E-state index in [-0.39, 0.29) is 5.91 Å². The zero-order chi connectivity index (χ0) is 13.4. The van der Waals surface area contributed by atoms with E-state index in [0.29, 0.717) is 5.56 Å². The number of anilines is 1. The first-order valence-corrected chi connectivity index (χ1v) is 6.17. The van der Waals surface area contributed by atoms with Gasteiger partial charge in [0.1, 0.15) is 0 Å². The monoisotopic (exact) mass is 241 g/mol. The van der Waals surface area contributed by atoms with Gasteiger partial charge in [-0.05, 0) is 24.3 Å². The molecular weight excluding hydrogens is 222 g/mol. The Morgan fingerprint density at radius 3 is 1.78 bits per heavy atom. The minimum Gasteiger partial charge on any atom is -0.311 e. The number of benzene rings is 2. The second-order valence-corrected chi connectivity index (χ2v) is 3.57. The van der Waals surface area contributed by atoms with E-state index >= 15 is 0 Å². The van der Waals surface area contributed by atoms with Crippen LogP contribution in [0, 0.1) is 0 Å². The lowest BCUT2D eigenvalue weighted by Crippen LogP contribution is -2.25. The van der Waals surface area contributed by atoms with Gasteiger partial charge >= 0.3 is 0 Å². The SMILES string of the molecule is CC.CN(C(=O)c1ccccc1)c1ccccc1. The van der Waals surface area contributed by atoms with Gasteiger partial charge in [-0.2, -0.15) is 0 Å². The van der Waals surface area contributed by atoms with Crippen molar-refractivity contribution in [2.24, 2.45) is 0 Å². The first kappa shape index (κ1) is 14.0. The molecule has 0 fully saturated rings. The van der Waals surface area contributed by atoms with Crippen LogP contribution >= 0.6 is 0 Å². The van der Waals surface area contributed by atoms with Crippen LogP contribution in [0.5, 0.6) is 0 Å². The lowest BCUT2D eigenvalue weighted by molar-refractivity contribution is 0.0993. The average molecular weight is 241 g/mol. The second-order valence-electron chi connectivity index (χ2n) is 3.57. The van der Waals surface area contributed by atoms with Gasteiger partial charge < -0.3 is 4.90 Å². The second kappa shape index (κ2) is 7.28. The standard InChI is InChI=1S/C14H13NO.C2H6/c1-15(13-10-6-3-7-11-13)14(16)12-8-4-2-5-9-12;1-2/h2-11H,1H3;1-2H3. The molecule has 2 aromatic carbocycles. The van der Waals surface area contributed by atoms with Crippen molar-refractivity contribution >= 4 is 11.6 Å². The first-order valence-electron chi connectivity index (χ1n) is 6.17. The van der Waals surface area contributed by atoms with Gasteiger partial charge in [0.15, 0.2) is 0 Å². The largest absolute Gasteiger partial charge is 0.311 e. The van der Waals surface area contributed by atoms with Gasteiger partial charge in [0.05, 0.1) is 0 Å².